The Kier molecular flexibility index (Phi) is 6.79. The molecule has 2 aliphatic rings. The zero-order chi connectivity index (χ0) is 23.4. The van der Waals surface area contributed by atoms with Crippen LogP contribution in [0.5, 0.6) is 0 Å². The minimum absolute atomic E-state index is 0.0927. The summed E-state index contributed by atoms with van der Waals surface area (Å²) >= 11 is 0. The van der Waals surface area contributed by atoms with E-state index in [0.29, 0.717) is 56.1 Å². The standard InChI is InChI=1S/C24H25FN4O4/c25-19-5-1-17(2-6-19)23(32)26-11-12-27-13-15-28(16-14-27)24(33)18-3-7-20(8-4-18)29-21(30)9-10-22(29)31/h1-8H,9-16H2,(H,26,32). The van der Waals surface area contributed by atoms with Crippen LogP contribution in [0.1, 0.15) is 33.6 Å². The second-order valence-corrected chi connectivity index (χ2v) is 8.07. The summed E-state index contributed by atoms with van der Waals surface area (Å²) in [6.07, 6.45) is 0.444. The quantitative estimate of drug-likeness (QED) is 0.674. The maximum Gasteiger partial charge on any atom is 0.253 e. The second-order valence-electron chi connectivity index (χ2n) is 8.07. The van der Waals surface area contributed by atoms with Crippen LogP contribution in [0.15, 0.2) is 48.5 Å². The molecular weight excluding hydrogens is 427 g/mol. The molecule has 0 bridgehead atoms. The minimum Gasteiger partial charge on any atom is -0.351 e. The Bertz CT molecular complexity index is 1030. The lowest BCUT2D eigenvalue weighted by molar-refractivity contribution is -0.121. The number of rotatable bonds is 6. The Balaban J connectivity index is 1.22. The highest BCUT2D eigenvalue weighted by Gasteiger charge is 2.30. The van der Waals surface area contributed by atoms with E-state index in [1.807, 2.05) is 0 Å². The highest BCUT2D eigenvalue weighted by molar-refractivity contribution is 6.19. The molecule has 8 nitrogen and oxygen atoms in total. The van der Waals surface area contributed by atoms with Gasteiger partial charge in [-0.2, -0.15) is 0 Å². The first-order chi connectivity index (χ1) is 15.9. The fourth-order valence-corrected chi connectivity index (χ4v) is 4.01. The number of piperazine rings is 1. The highest BCUT2D eigenvalue weighted by atomic mass is 19.1. The van der Waals surface area contributed by atoms with Crippen molar-refractivity contribution in [1.82, 2.24) is 15.1 Å². The van der Waals surface area contributed by atoms with Crippen molar-refractivity contribution in [3.8, 4) is 0 Å². The van der Waals surface area contributed by atoms with E-state index in [4.69, 9.17) is 0 Å². The van der Waals surface area contributed by atoms with Crippen LogP contribution >= 0.6 is 0 Å². The van der Waals surface area contributed by atoms with E-state index < -0.39 is 0 Å². The molecule has 172 valence electrons. The lowest BCUT2D eigenvalue weighted by Gasteiger charge is -2.34. The van der Waals surface area contributed by atoms with E-state index in [-0.39, 0.29) is 42.3 Å². The fraction of sp³-hybridized carbons (Fsp3) is 0.333. The summed E-state index contributed by atoms with van der Waals surface area (Å²) in [6, 6.07) is 12.0. The molecule has 33 heavy (non-hydrogen) atoms. The van der Waals surface area contributed by atoms with Gasteiger partial charge < -0.3 is 10.2 Å². The van der Waals surface area contributed by atoms with Crippen molar-refractivity contribution in [2.24, 2.45) is 0 Å². The molecule has 0 atom stereocenters. The molecule has 0 radical (unpaired) electrons. The Labute approximate surface area is 190 Å². The molecule has 0 spiro atoms. The molecule has 2 fully saturated rings. The third-order valence-electron chi connectivity index (χ3n) is 5.90. The first-order valence-corrected chi connectivity index (χ1v) is 10.9. The van der Waals surface area contributed by atoms with Crippen LogP contribution in [0.25, 0.3) is 0 Å². The molecule has 0 saturated carbocycles. The van der Waals surface area contributed by atoms with E-state index in [1.165, 1.54) is 29.2 Å². The SMILES string of the molecule is O=C(NCCN1CCN(C(=O)c2ccc(N3C(=O)CCC3=O)cc2)CC1)c1ccc(F)cc1. The summed E-state index contributed by atoms with van der Waals surface area (Å²) in [6.45, 7) is 3.62. The third-order valence-corrected chi connectivity index (χ3v) is 5.90. The molecule has 1 N–H and O–H groups in total. The molecule has 2 aromatic carbocycles. The van der Waals surface area contributed by atoms with Crippen LogP contribution in [0.2, 0.25) is 0 Å². The summed E-state index contributed by atoms with van der Waals surface area (Å²) in [5.41, 5.74) is 1.42. The number of amides is 4. The van der Waals surface area contributed by atoms with Crippen molar-refractivity contribution >= 4 is 29.3 Å². The predicted molar refractivity (Wildman–Crippen MR) is 119 cm³/mol. The average molecular weight is 452 g/mol. The Hall–Kier alpha value is -3.59. The van der Waals surface area contributed by atoms with Crippen molar-refractivity contribution in [2.75, 3.05) is 44.2 Å². The molecule has 2 heterocycles. The number of benzene rings is 2. The summed E-state index contributed by atoms with van der Waals surface area (Å²) in [7, 11) is 0. The number of anilines is 1. The van der Waals surface area contributed by atoms with Crippen LogP contribution in [0.4, 0.5) is 10.1 Å². The van der Waals surface area contributed by atoms with Gasteiger partial charge in [-0.25, -0.2) is 4.39 Å². The van der Waals surface area contributed by atoms with Gasteiger partial charge in [0.15, 0.2) is 0 Å². The topological polar surface area (TPSA) is 90.0 Å². The molecule has 9 heteroatoms. The Morgan fingerprint density at radius 2 is 1.39 bits per heavy atom. The maximum absolute atomic E-state index is 13.0. The van der Waals surface area contributed by atoms with Gasteiger partial charge in [0, 0.05) is 63.2 Å². The van der Waals surface area contributed by atoms with Gasteiger partial charge in [-0.05, 0) is 48.5 Å². The van der Waals surface area contributed by atoms with Crippen LogP contribution in [0.3, 0.4) is 0 Å². The van der Waals surface area contributed by atoms with Crippen LogP contribution < -0.4 is 10.2 Å². The monoisotopic (exact) mass is 452 g/mol. The van der Waals surface area contributed by atoms with Gasteiger partial charge in [0.1, 0.15) is 5.82 Å². The average Bonchev–Trinajstić information content (AvgIpc) is 3.17. The van der Waals surface area contributed by atoms with Gasteiger partial charge in [-0.1, -0.05) is 0 Å². The summed E-state index contributed by atoms with van der Waals surface area (Å²) in [5, 5.41) is 2.82. The lowest BCUT2D eigenvalue weighted by atomic mass is 10.1. The van der Waals surface area contributed by atoms with Crippen LogP contribution in [-0.2, 0) is 9.59 Å². The molecule has 4 amide bonds. The maximum atomic E-state index is 13.0. The number of nitrogens with one attached hydrogen (secondary N) is 1. The molecule has 0 aromatic heterocycles. The van der Waals surface area contributed by atoms with Gasteiger partial charge in [-0.15, -0.1) is 0 Å². The Morgan fingerprint density at radius 3 is 2.00 bits per heavy atom. The van der Waals surface area contributed by atoms with Crippen molar-refractivity contribution in [1.29, 1.82) is 0 Å². The van der Waals surface area contributed by atoms with Gasteiger partial charge in [0.25, 0.3) is 11.8 Å². The predicted octanol–water partition coefficient (Wildman–Crippen LogP) is 1.67. The summed E-state index contributed by atoms with van der Waals surface area (Å²) in [4.78, 5) is 53.8. The number of nitrogens with zero attached hydrogens (tertiary/aromatic N) is 3. The van der Waals surface area contributed by atoms with Crippen molar-refractivity contribution in [3.63, 3.8) is 0 Å². The normalized spacial score (nSPS) is 16.9. The van der Waals surface area contributed by atoms with Gasteiger partial charge >= 0.3 is 0 Å². The summed E-state index contributed by atoms with van der Waals surface area (Å²) in [5.74, 6) is -1.16. The molecule has 2 aromatic rings. The number of hydrogen-bond acceptors (Lipinski definition) is 5. The van der Waals surface area contributed by atoms with Crippen LogP contribution in [0, 0.1) is 5.82 Å². The van der Waals surface area contributed by atoms with Crippen molar-refractivity contribution < 1.29 is 23.6 Å². The van der Waals surface area contributed by atoms with E-state index in [9.17, 15) is 23.6 Å². The van der Waals surface area contributed by atoms with Crippen molar-refractivity contribution in [3.05, 3.63) is 65.5 Å². The number of carbonyl (C=O) groups excluding carboxylic acids is 4. The largest absolute Gasteiger partial charge is 0.351 e. The summed E-state index contributed by atoms with van der Waals surface area (Å²) < 4.78 is 13.0. The van der Waals surface area contributed by atoms with Gasteiger partial charge in [0.2, 0.25) is 11.8 Å². The van der Waals surface area contributed by atoms with Crippen LogP contribution in [-0.4, -0.2) is 72.7 Å². The van der Waals surface area contributed by atoms with E-state index >= 15 is 0 Å². The number of hydrogen-bond donors (Lipinski definition) is 1. The molecule has 2 saturated heterocycles. The molecule has 2 aliphatic heterocycles. The molecule has 0 unspecified atom stereocenters. The highest BCUT2D eigenvalue weighted by Crippen LogP contribution is 2.23. The van der Waals surface area contributed by atoms with Crippen molar-refractivity contribution in [2.45, 2.75) is 12.8 Å². The number of halogens is 1. The third kappa shape index (κ3) is 5.25. The first kappa shape index (κ1) is 22.6. The number of imide groups is 1. The fourth-order valence-electron chi connectivity index (χ4n) is 4.01. The second kappa shape index (κ2) is 9.91. The van der Waals surface area contributed by atoms with Gasteiger partial charge in [-0.3, -0.25) is 29.0 Å². The van der Waals surface area contributed by atoms with Gasteiger partial charge in [0.05, 0.1) is 5.69 Å². The smallest absolute Gasteiger partial charge is 0.253 e. The zero-order valence-electron chi connectivity index (χ0n) is 18.1. The Morgan fingerprint density at radius 1 is 0.818 bits per heavy atom. The zero-order valence-corrected chi connectivity index (χ0v) is 18.1. The lowest BCUT2D eigenvalue weighted by Crippen LogP contribution is -2.50. The molecule has 0 aliphatic carbocycles. The van der Waals surface area contributed by atoms with E-state index in [1.54, 1.807) is 29.2 Å². The van der Waals surface area contributed by atoms with E-state index in [2.05, 4.69) is 10.2 Å². The van der Waals surface area contributed by atoms with E-state index in [0.717, 1.165) is 0 Å². The number of carbonyl (C=O) groups is 4. The molecular formula is C24H25FN4O4. The molecule has 4 rings (SSSR count). The minimum atomic E-state index is -0.383. The first-order valence-electron chi connectivity index (χ1n) is 10.9.